The predicted octanol–water partition coefficient (Wildman–Crippen LogP) is 2.23. The van der Waals surface area contributed by atoms with Gasteiger partial charge in [-0.25, -0.2) is 0 Å². The zero-order valence-corrected chi connectivity index (χ0v) is 8.88. The third-order valence-electron chi connectivity index (χ3n) is 3.03. The summed E-state index contributed by atoms with van der Waals surface area (Å²) in [6.45, 7) is 5.95. The Morgan fingerprint density at radius 1 is 1.08 bits per heavy atom. The van der Waals surface area contributed by atoms with Gasteiger partial charge in [-0.2, -0.15) is 0 Å². The van der Waals surface area contributed by atoms with Gasteiger partial charge in [0, 0.05) is 0 Å². The Hall–Kier alpha value is -0.370. The van der Waals surface area contributed by atoms with Crippen molar-refractivity contribution in [3.63, 3.8) is 0 Å². The SMILES string of the molecule is CC(=O)C(C)N1CCCCCCC1. The summed E-state index contributed by atoms with van der Waals surface area (Å²) in [5, 5.41) is 0. The number of carbonyl (C=O) groups excluding carboxylic acids is 1. The third-order valence-corrected chi connectivity index (χ3v) is 3.03. The lowest BCUT2D eigenvalue weighted by molar-refractivity contribution is -0.121. The number of nitrogens with zero attached hydrogens (tertiary/aromatic N) is 1. The zero-order chi connectivity index (χ0) is 9.68. The van der Waals surface area contributed by atoms with E-state index in [1.807, 2.05) is 6.92 Å². The summed E-state index contributed by atoms with van der Waals surface area (Å²) in [6, 6.07) is 0.137. The maximum Gasteiger partial charge on any atom is 0.146 e. The molecule has 0 saturated carbocycles. The van der Waals surface area contributed by atoms with E-state index in [0.29, 0.717) is 5.78 Å². The highest BCUT2D eigenvalue weighted by molar-refractivity contribution is 5.80. The quantitative estimate of drug-likeness (QED) is 0.654. The molecule has 1 saturated heterocycles. The summed E-state index contributed by atoms with van der Waals surface area (Å²) in [5.41, 5.74) is 0. The van der Waals surface area contributed by atoms with E-state index >= 15 is 0 Å². The van der Waals surface area contributed by atoms with Crippen LogP contribution in [0.15, 0.2) is 0 Å². The Morgan fingerprint density at radius 3 is 2.00 bits per heavy atom. The second kappa shape index (κ2) is 5.38. The molecule has 76 valence electrons. The van der Waals surface area contributed by atoms with E-state index in [4.69, 9.17) is 0 Å². The van der Waals surface area contributed by atoms with Crippen LogP contribution < -0.4 is 0 Å². The van der Waals surface area contributed by atoms with Crippen molar-refractivity contribution in [1.29, 1.82) is 0 Å². The number of ketones is 1. The Balaban J connectivity index is 2.40. The van der Waals surface area contributed by atoms with Gasteiger partial charge in [0.25, 0.3) is 0 Å². The lowest BCUT2D eigenvalue weighted by Crippen LogP contribution is -2.39. The molecule has 1 heterocycles. The number of carbonyl (C=O) groups is 1. The first-order valence-corrected chi connectivity index (χ1v) is 5.46. The molecule has 2 nitrogen and oxygen atoms in total. The summed E-state index contributed by atoms with van der Waals surface area (Å²) in [7, 11) is 0. The molecular formula is C11H21NO. The van der Waals surface area contributed by atoms with Gasteiger partial charge in [0.05, 0.1) is 6.04 Å². The molecule has 0 aliphatic carbocycles. The fraction of sp³-hybridized carbons (Fsp3) is 0.909. The molecule has 1 rings (SSSR count). The van der Waals surface area contributed by atoms with Crippen LogP contribution in [0.5, 0.6) is 0 Å². The van der Waals surface area contributed by atoms with E-state index in [1.54, 1.807) is 6.92 Å². The lowest BCUT2D eigenvalue weighted by atomic mass is 10.1. The van der Waals surface area contributed by atoms with Gasteiger partial charge in [-0.05, 0) is 39.8 Å². The van der Waals surface area contributed by atoms with Crippen LogP contribution in [0.2, 0.25) is 0 Å². The maximum absolute atomic E-state index is 11.2. The van der Waals surface area contributed by atoms with Gasteiger partial charge < -0.3 is 0 Å². The Morgan fingerprint density at radius 2 is 1.54 bits per heavy atom. The molecule has 0 aromatic rings. The van der Waals surface area contributed by atoms with E-state index < -0.39 is 0 Å². The Bertz CT molecular complexity index is 159. The molecule has 0 radical (unpaired) electrons. The molecule has 1 unspecified atom stereocenters. The first-order chi connectivity index (χ1) is 6.22. The Labute approximate surface area is 81.3 Å². The van der Waals surface area contributed by atoms with Crippen LogP contribution in [0.25, 0.3) is 0 Å². The molecular weight excluding hydrogens is 162 g/mol. The predicted molar refractivity (Wildman–Crippen MR) is 54.8 cm³/mol. The van der Waals surface area contributed by atoms with Gasteiger partial charge in [0.1, 0.15) is 5.78 Å². The molecule has 0 N–H and O–H groups in total. The molecule has 0 amide bonds. The minimum Gasteiger partial charge on any atom is -0.298 e. The molecule has 1 aliphatic heterocycles. The summed E-state index contributed by atoms with van der Waals surface area (Å²) in [6.07, 6.45) is 6.57. The first-order valence-electron chi connectivity index (χ1n) is 5.46. The van der Waals surface area contributed by atoms with E-state index in [2.05, 4.69) is 4.90 Å². The van der Waals surface area contributed by atoms with Crippen LogP contribution >= 0.6 is 0 Å². The van der Waals surface area contributed by atoms with E-state index in [1.165, 1.54) is 32.1 Å². The Kier molecular flexibility index (Phi) is 4.43. The molecule has 2 heteroatoms. The number of likely N-dealkylation sites (tertiary alicyclic amines) is 1. The van der Waals surface area contributed by atoms with Gasteiger partial charge in [-0.3, -0.25) is 9.69 Å². The average molecular weight is 183 g/mol. The van der Waals surface area contributed by atoms with Crippen molar-refractivity contribution < 1.29 is 4.79 Å². The van der Waals surface area contributed by atoms with Crippen molar-refractivity contribution in [2.75, 3.05) is 13.1 Å². The summed E-state index contributed by atoms with van der Waals surface area (Å²) in [5.74, 6) is 0.306. The number of hydrogen-bond donors (Lipinski definition) is 0. The maximum atomic E-state index is 11.2. The van der Waals surface area contributed by atoms with E-state index in [0.717, 1.165) is 13.1 Å². The molecule has 1 fully saturated rings. The van der Waals surface area contributed by atoms with Crippen LogP contribution in [-0.4, -0.2) is 29.8 Å². The minimum absolute atomic E-state index is 0.137. The molecule has 1 atom stereocenters. The molecule has 13 heavy (non-hydrogen) atoms. The second-order valence-electron chi connectivity index (χ2n) is 4.09. The number of rotatable bonds is 2. The van der Waals surface area contributed by atoms with Crippen molar-refractivity contribution in [3.05, 3.63) is 0 Å². The van der Waals surface area contributed by atoms with Crippen LogP contribution in [-0.2, 0) is 4.79 Å². The molecule has 0 aromatic carbocycles. The van der Waals surface area contributed by atoms with Gasteiger partial charge >= 0.3 is 0 Å². The largest absolute Gasteiger partial charge is 0.298 e. The van der Waals surface area contributed by atoms with Gasteiger partial charge in [0.15, 0.2) is 0 Å². The van der Waals surface area contributed by atoms with Crippen LogP contribution in [0.1, 0.15) is 46.0 Å². The van der Waals surface area contributed by atoms with Crippen molar-refractivity contribution in [3.8, 4) is 0 Å². The van der Waals surface area contributed by atoms with E-state index in [9.17, 15) is 4.79 Å². The van der Waals surface area contributed by atoms with Gasteiger partial charge in [-0.15, -0.1) is 0 Å². The summed E-state index contributed by atoms with van der Waals surface area (Å²) < 4.78 is 0. The highest BCUT2D eigenvalue weighted by Crippen LogP contribution is 2.12. The van der Waals surface area contributed by atoms with Crippen molar-refractivity contribution in [2.24, 2.45) is 0 Å². The highest BCUT2D eigenvalue weighted by Gasteiger charge is 2.17. The molecule has 0 aromatic heterocycles. The number of hydrogen-bond acceptors (Lipinski definition) is 2. The van der Waals surface area contributed by atoms with Crippen LogP contribution in [0.4, 0.5) is 0 Å². The fourth-order valence-electron chi connectivity index (χ4n) is 1.92. The van der Waals surface area contributed by atoms with Crippen LogP contribution in [0.3, 0.4) is 0 Å². The highest BCUT2D eigenvalue weighted by atomic mass is 16.1. The second-order valence-corrected chi connectivity index (χ2v) is 4.09. The van der Waals surface area contributed by atoms with Crippen molar-refractivity contribution >= 4 is 5.78 Å². The van der Waals surface area contributed by atoms with Crippen LogP contribution in [0, 0.1) is 0 Å². The van der Waals surface area contributed by atoms with Gasteiger partial charge in [-0.1, -0.05) is 19.3 Å². The number of Topliss-reactive ketones (excluding diaryl/α,β-unsaturated/α-hetero) is 1. The summed E-state index contributed by atoms with van der Waals surface area (Å²) in [4.78, 5) is 13.5. The normalized spacial score (nSPS) is 23.2. The summed E-state index contributed by atoms with van der Waals surface area (Å²) >= 11 is 0. The molecule has 0 bridgehead atoms. The first kappa shape index (κ1) is 10.7. The van der Waals surface area contributed by atoms with E-state index in [-0.39, 0.29) is 6.04 Å². The smallest absolute Gasteiger partial charge is 0.146 e. The standard InChI is InChI=1S/C11H21NO/c1-10(11(2)13)12-8-6-4-3-5-7-9-12/h10H,3-9H2,1-2H3. The fourth-order valence-corrected chi connectivity index (χ4v) is 1.92. The topological polar surface area (TPSA) is 20.3 Å². The van der Waals surface area contributed by atoms with Crippen molar-refractivity contribution in [1.82, 2.24) is 4.90 Å². The monoisotopic (exact) mass is 183 g/mol. The minimum atomic E-state index is 0.137. The molecule has 0 spiro atoms. The lowest BCUT2D eigenvalue weighted by Gasteiger charge is -2.28. The van der Waals surface area contributed by atoms with Crippen molar-refractivity contribution in [2.45, 2.75) is 52.0 Å². The zero-order valence-electron chi connectivity index (χ0n) is 8.88. The third kappa shape index (κ3) is 3.47. The van der Waals surface area contributed by atoms with Gasteiger partial charge in [0.2, 0.25) is 0 Å². The molecule has 1 aliphatic rings. The average Bonchev–Trinajstić information content (AvgIpc) is 2.02.